The third-order valence-electron chi connectivity index (χ3n) is 1.31. The number of hydrogen-bond acceptors (Lipinski definition) is 2. The number of aliphatic hydroxyl groups excluding tert-OH is 2. The third-order valence-corrected chi connectivity index (χ3v) is 1.31. The standard InChI is InChI=1S/C8H14O2/c1-6(2)8(10)7(3)4-5-9/h4,8-10H,1,5H2,2-3H3/b7-4+. The molecule has 0 saturated carbocycles. The van der Waals surface area contributed by atoms with Gasteiger partial charge in [0.25, 0.3) is 0 Å². The van der Waals surface area contributed by atoms with Gasteiger partial charge in [-0.3, -0.25) is 0 Å². The van der Waals surface area contributed by atoms with Crippen LogP contribution < -0.4 is 0 Å². The molecule has 0 aromatic heterocycles. The summed E-state index contributed by atoms with van der Waals surface area (Å²) in [6, 6.07) is 0. The molecule has 0 aromatic rings. The van der Waals surface area contributed by atoms with E-state index in [0.717, 1.165) is 5.57 Å². The van der Waals surface area contributed by atoms with Gasteiger partial charge in [0, 0.05) is 0 Å². The third kappa shape index (κ3) is 2.80. The van der Waals surface area contributed by atoms with Crippen LogP contribution in [-0.4, -0.2) is 22.9 Å². The minimum absolute atomic E-state index is 0.0316. The highest BCUT2D eigenvalue weighted by atomic mass is 16.3. The molecule has 1 atom stereocenters. The molecule has 0 rings (SSSR count). The van der Waals surface area contributed by atoms with Crippen molar-refractivity contribution in [2.75, 3.05) is 6.61 Å². The Morgan fingerprint density at radius 3 is 2.40 bits per heavy atom. The lowest BCUT2D eigenvalue weighted by Crippen LogP contribution is -2.08. The van der Waals surface area contributed by atoms with Crippen molar-refractivity contribution in [1.29, 1.82) is 0 Å². The molecule has 0 spiro atoms. The van der Waals surface area contributed by atoms with Crippen molar-refractivity contribution < 1.29 is 10.2 Å². The van der Waals surface area contributed by atoms with Crippen LogP contribution in [0.15, 0.2) is 23.8 Å². The number of aliphatic hydroxyl groups is 2. The van der Waals surface area contributed by atoms with Crippen molar-refractivity contribution in [2.45, 2.75) is 20.0 Å². The zero-order valence-corrected chi connectivity index (χ0v) is 6.46. The maximum Gasteiger partial charge on any atom is 0.0953 e. The van der Waals surface area contributed by atoms with Gasteiger partial charge in [-0.1, -0.05) is 12.7 Å². The molecule has 0 fully saturated rings. The lowest BCUT2D eigenvalue weighted by molar-refractivity contribution is 0.244. The summed E-state index contributed by atoms with van der Waals surface area (Å²) < 4.78 is 0. The van der Waals surface area contributed by atoms with E-state index in [0.29, 0.717) is 5.57 Å². The van der Waals surface area contributed by atoms with Crippen LogP contribution in [0.4, 0.5) is 0 Å². The van der Waals surface area contributed by atoms with E-state index in [9.17, 15) is 5.11 Å². The Morgan fingerprint density at radius 2 is 2.10 bits per heavy atom. The Balaban J connectivity index is 4.06. The van der Waals surface area contributed by atoms with Gasteiger partial charge in [-0.2, -0.15) is 0 Å². The molecule has 0 aliphatic rings. The van der Waals surface area contributed by atoms with E-state index in [2.05, 4.69) is 6.58 Å². The fraction of sp³-hybridized carbons (Fsp3) is 0.500. The highest BCUT2D eigenvalue weighted by Gasteiger charge is 2.04. The molecule has 2 N–H and O–H groups in total. The lowest BCUT2D eigenvalue weighted by atomic mass is 10.1. The van der Waals surface area contributed by atoms with E-state index in [-0.39, 0.29) is 6.61 Å². The molecule has 2 nitrogen and oxygen atoms in total. The summed E-state index contributed by atoms with van der Waals surface area (Å²) in [5.74, 6) is 0. The van der Waals surface area contributed by atoms with Crippen molar-refractivity contribution >= 4 is 0 Å². The summed E-state index contributed by atoms with van der Waals surface area (Å²) in [7, 11) is 0. The summed E-state index contributed by atoms with van der Waals surface area (Å²) in [5, 5.41) is 17.7. The van der Waals surface area contributed by atoms with Gasteiger partial charge in [0.1, 0.15) is 0 Å². The van der Waals surface area contributed by atoms with Crippen LogP contribution in [0, 0.1) is 0 Å². The van der Waals surface area contributed by atoms with Crippen molar-refractivity contribution in [2.24, 2.45) is 0 Å². The Morgan fingerprint density at radius 1 is 1.60 bits per heavy atom. The maximum absolute atomic E-state index is 9.25. The minimum Gasteiger partial charge on any atom is -0.392 e. The van der Waals surface area contributed by atoms with E-state index in [4.69, 9.17) is 5.11 Å². The second-order valence-electron chi connectivity index (χ2n) is 2.38. The van der Waals surface area contributed by atoms with Crippen molar-refractivity contribution in [3.05, 3.63) is 23.8 Å². The quantitative estimate of drug-likeness (QED) is 0.574. The molecule has 10 heavy (non-hydrogen) atoms. The summed E-state index contributed by atoms with van der Waals surface area (Å²) in [6.07, 6.45) is 0.964. The van der Waals surface area contributed by atoms with E-state index in [1.54, 1.807) is 19.9 Å². The molecule has 0 amide bonds. The second kappa shape index (κ2) is 4.25. The van der Waals surface area contributed by atoms with Gasteiger partial charge in [-0.25, -0.2) is 0 Å². The van der Waals surface area contributed by atoms with Gasteiger partial charge in [0.05, 0.1) is 12.7 Å². The van der Waals surface area contributed by atoms with Crippen LogP contribution in [0.3, 0.4) is 0 Å². The van der Waals surface area contributed by atoms with Crippen LogP contribution >= 0.6 is 0 Å². The van der Waals surface area contributed by atoms with Crippen LogP contribution in [0.2, 0.25) is 0 Å². The normalized spacial score (nSPS) is 15.0. The molecule has 2 heteroatoms. The van der Waals surface area contributed by atoms with Gasteiger partial charge in [-0.05, 0) is 25.0 Å². The zero-order valence-electron chi connectivity index (χ0n) is 6.46. The predicted octanol–water partition coefficient (Wildman–Crippen LogP) is 0.862. The molecule has 0 aliphatic carbocycles. The molecule has 0 aromatic carbocycles. The van der Waals surface area contributed by atoms with Crippen LogP contribution in [0.1, 0.15) is 13.8 Å². The van der Waals surface area contributed by atoms with E-state index >= 15 is 0 Å². The first kappa shape index (κ1) is 9.40. The number of hydrogen-bond donors (Lipinski definition) is 2. The minimum atomic E-state index is -0.604. The molecule has 0 bridgehead atoms. The van der Waals surface area contributed by atoms with E-state index < -0.39 is 6.10 Å². The fourth-order valence-electron chi connectivity index (χ4n) is 0.644. The van der Waals surface area contributed by atoms with Gasteiger partial charge < -0.3 is 10.2 Å². The lowest BCUT2D eigenvalue weighted by Gasteiger charge is -2.09. The molecule has 1 unspecified atom stereocenters. The average molecular weight is 142 g/mol. The van der Waals surface area contributed by atoms with Crippen molar-refractivity contribution in [3.8, 4) is 0 Å². The zero-order chi connectivity index (χ0) is 8.15. The SMILES string of the molecule is C=C(C)C(O)/C(C)=C/CO. The van der Waals surface area contributed by atoms with E-state index in [1.807, 2.05) is 0 Å². The Hall–Kier alpha value is -0.600. The first-order chi connectivity index (χ1) is 4.59. The van der Waals surface area contributed by atoms with Gasteiger partial charge >= 0.3 is 0 Å². The molecule has 0 radical (unpaired) electrons. The molecule has 0 saturated heterocycles. The molecule has 58 valence electrons. The van der Waals surface area contributed by atoms with Crippen LogP contribution in [0.25, 0.3) is 0 Å². The smallest absolute Gasteiger partial charge is 0.0953 e. The van der Waals surface area contributed by atoms with Crippen LogP contribution in [-0.2, 0) is 0 Å². The van der Waals surface area contributed by atoms with E-state index in [1.165, 1.54) is 0 Å². The van der Waals surface area contributed by atoms with Crippen LogP contribution in [0.5, 0.6) is 0 Å². The predicted molar refractivity (Wildman–Crippen MR) is 41.7 cm³/mol. The highest BCUT2D eigenvalue weighted by molar-refractivity contribution is 5.17. The number of rotatable bonds is 3. The second-order valence-corrected chi connectivity index (χ2v) is 2.38. The van der Waals surface area contributed by atoms with Crippen molar-refractivity contribution in [3.63, 3.8) is 0 Å². The van der Waals surface area contributed by atoms with Gasteiger partial charge in [-0.15, -0.1) is 0 Å². The maximum atomic E-state index is 9.25. The summed E-state index contributed by atoms with van der Waals surface area (Å²) in [5.41, 5.74) is 1.44. The largest absolute Gasteiger partial charge is 0.392 e. The van der Waals surface area contributed by atoms with Crippen molar-refractivity contribution in [1.82, 2.24) is 0 Å². The topological polar surface area (TPSA) is 40.5 Å². The Labute approximate surface area is 61.5 Å². The Kier molecular flexibility index (Phi) is 4.00. The summed E-state index contributed by atoms with van der Waals surface area (Å²) in [6.45, 7) is 7.06. The molecule has 0 heterocycles. The van der Waals surface area contributed by atoms with Gasteiger partial charge in [0.2, 0.25) is 0 Å². The Bertz CT molecular complexity index is 147. The first-order valence-corrected chi connectivity index (χ1v) is 3.20. The average Bonchev–Trinajstić information content (AvgIpc) is 1.87. The fourth-order valence-corrected chi connectivity index (χ4v) is 0.644. The molecular formula is C8H14O2. The molecule has 0 aliphatic heterocycles. The monoisotopic (exact) mass is 142 g/mol. The van der Waals surface area contributed by atoms with Gasteiger partial charge in [0.15, 0.2) is 0 Å². The summed E-state index contributed by atoms with van der Waals surface area (Å²) in [4.78, 5) is 0. The molecular weight excluding hydrogens is 128 g/mol. The highest BCUT2D eigenvalue weighted by Crippen LogP contribution is 2.07. The summed E-state index contributed by atoms with van der Waals surface area (Å²) >= 11 is 0. The first-order valence-electron chi connectivity index (χ1n) is 3.20.